The fourth-order valence-electron chi connectivity index (χ4n) is 4.36. The lowest BCUT2D eigenvalue weighted by Crippen LogP contribution is -2.46. The lowest BCUT2D eigenvalue weighted by molar-refractivity contribution is -0.0465. The number of esters is 1. The average Bonchev–Trinajstić information content (AvgIpc) is 3.33. The third-order valence-electron chi connectivity index (χ3n) is 6.12. The molecule has 5 rings (SSSR count). The molecule has 1 fully saturated rings. The van der Waals surface area contributed by atoms with Gasteiger partial charge in [-0.25, -0.2) is 29.1 Å². The molecule has 0 bridgehead atoms. The molecule has 2 unspecified atom stereocenters. The smallest absolute Gasteiger partial charge is 0.341 e. The van der Waals surface area contributed by atoms with E-state index in [-0.39, 0.29) is 18.3 Å². The first-order chi connectivity index (χ1) is 17.9. The molecule has 192 valence electrons. The van der Waals surface area contributed by atoms with Crippen molar-refractivity contribution < 1.29 is 18.7 Å². The van der Waals surface area contributed by atoms with Gasteiger partial charge in [-0.1, -0.05) is 6.07 Å². The van der Waals surface area contributed by atoms with Gasteiger partial charge in [-0.2, -0.15) is 0 Å². The number of nitrogens with two attached hydrogens (primary N) is 1. The van der Waals surface area contributed by atoms with Crippen molar-refractivity contribution in [2.75, 3.05) is 44.0 Å². The summed E-state index contributed by atoms with van der Waals surface area (Å²) in [6.45, 7) is 3.45. The van der Waals surface area contributed by atoms with Crippen molar-refractivity contribution in [1.29, 1.82) is 0 Å². The SMILES string of the molecule is CCOC(=O)c1cnc(N(C)C(c2cc3ncncc3s2)N2CCOC(c3ccc(N)cc3F)C2)nc1. The summed E-state index contributed by atoms with van der Waals surface area (Å²) in [5.74, 6) is -0.451. The molecule has 37 heavy (non-hydrogen) atoms. The predicted molar refractivity (Wildman–Crippen MR) is 138 cm³/mol. The van der Waals surface area contributed by atoms with Gasteiger partial charge >= 0.3 is 5.97 Å². The zero-order chi connectivity index (χ0) is 25.9. The molecule has 2 atom stereocenters. The second kappa shape index (κ2) is 10.7. The molecule has 4 aromatic rings. The van der Waals surface area contributed by atoms with Crippen LogP contribution in [0.1, 0.15) is 40.0 Å². The number of aromatic nitrogens is 4. The van der Waals surface area contributed by atoms with Gasteiger partial charge in [-0.15, -0.1) is 11.3 Å². The lowest BCUT2D eigenvalue weighted by atomic mass is 10.1. The summed E-state index contributed by atoms with van der Waals surface area (Å²) in [6.07, 6.45) is 5.42. The van der Waals surface area contributed by atoms with Gasteiger partial charge in [0.2, 0.25) is 5.95 Å². The quantitative estimate of drug-likeness (QED) is 0.284. The zero-order valence-electron chi connectivity index (χ0n) is 20.4. The molecular weight excluding hydrogens is 497 g/mol. The molecule has 1 aliphatic rings. The summed E-state index contributed by atoms with van der Waals surface area (Å²) in [5, 5.41) is 0. The summed E-state index contributed by atoms with van der Waals surface area (Å²) in [4.78, 5) is 34.6. The number of benzene rings is 1. The molecule has 4 heterocycles. The van der Waals surface area contributed by atoms with Crippen LogP contribution in [-0.2, 0) is 9.47 Å². The Kier molecular flexibility index (Phi) is 7.22. The Morgan fingerprint density at radius 1 is 1.30 bits per heavy atom. The molecule has 1 saturated heterocycles. The van der Waals surface area contributed by atoms with Crippen LogP contribution >= 0.6 is 11.3 Å². The van der Waals surface area contributed by atoms with Crippen LogP contribution in [0, 0.1) is 5.82 Å². The molecule has 0 aliphatic carbocycles. The first kappa shape index (κ1) is 24.9. The number of hydrogen-bond donors (Lipinski definition) is 1. The van der Waals surface area contributed by atoms with Gasteiger partial charge in [0.25, 0.3) is 0 Å². The number of ether oxygens (including phenoxy) is 2. The maximum absolute atomic E-state index is 14.7. The van der Waals surface area contributed by atoms with Crippen LogP contribution in [0.15, 0.2) is 49.2 Å². The number of nitrogens with zero attached hydrogens (tertiary/aromatic N) is 6. The van der Waals surface area contributed by atoms with Crippen molar-refractivity contribution in [2.45, 2.75) is 19.2 Å². The van der Waals surface area contributed by atoms with E-state index in [1.807, 2.05) is 18.0 Å². The largest absolute Gasteiger partial charge is 0.462 e. The van der Waals surface area contributed by atoms with Crippen LogP contribution in [-0.4, -0.2) is 64.2 Å². The van der Waals surface area contributed by atoms with Gasteiger partial charge in [0.1, 0.15) is 18.3 Å². The third kappa shape index (κ3) is 5.22. The maximum atomic E-state index is 14.7. The standard InChI is InChI=1S/C25H26FN7O3S/c1-3-35-24(34)15-10-29-25(30-11-15)32(2)23(21-9-19-22(37-21)12-28-14-31-19)33-6-7-36-20(13-33)17-5-4-16(27)8-18(17)26/h4-5,8-12,14,20,23H,3,6-7,13,27H2,1-2H3. The first-order valence-electron chi connectivity index (χ1n) is 11.8. The van der Waals surface area contributed by atoms with Gasteiger partial charge in [-0.3, -0.25) is 4.90 Å². The summed E-state index contributed by atoms with van der Waals surface area (Å²) in [5.41, 5.74) is 7.67. The Bertz CT molecular complexity index is 1370. The molecule has 0 amide bonds. The highest BCUT2D eigenvalue weighted by atomic mass is 32.1. The van der Waals surface area contributed by atoms with Crippen LogP contribution in [0.2, 0.25) is 0 Å². The molecule has 12 heteroatoms. The molecule has 3 aromatic heterocycles. The number of anilines is 2. The van der Waals surface area contributed by atoms with E-state index in [1.165, 1.54) is 24.8 Å². The Morgan fingerprint density at radius 3 is 2.84 bits per heavy atom. The van der Waals surface area contributed by atoms with Gasteiger partial charge < -0.3 is 20.1 Å². The van der Waals surface area contributed by atoms with E-state index < -0.39 is 17.9 Å². The highest BCUT2D eigenvalue weighted by molar-refractivity contribution is 7.19. The third-order valence-corrected chi connectivity index (χ3v) is 7.21. The highest BCUT2D eigenvalue weighted by Gasteiger charge is 2.34. The lowest BCUT2D eigenvalue weighted by Gasteiger charge is -2.41. The molecule has 0 radical (unpaired) electrons. The van der Waals surface area contributed by atoms with Crippen molar-refractivity contribution in [2.24, 2.45) is 0 Å². The topological polar surface area (TPSA) is 120 Å². The minimum absolute atomic E-state index is 0.268. The average molecular weight is 524 g/mol. The van der Waals surface area contributed by atoms with Crippen molar-refractivity contribution in [3.63, 3.8) is 0 Å². The highest BCUT2D eigenvalue weighted by Crippen LogP contribution is 2.37. The molecule has 10 nitrogen and oxygen atoms in total. The van der Waals surface area contributed by atoms with Crippen molar-refractivity contribution in [1.82, 2.24) is 24.8 Å². The Labute approximate surface area is 216 Å². The minimum atomic E-state index is -0.480. The number of carbonyl (C=O) groups excluding carboxylic acids is 1. The number of halogens is 1. The van der Waals surface area contributed by atoms with E-state index in [9.17, 15) is 9.18 Å². The number of hydrogen-bond acceptors (Lipinski definition) is 11. The van der Waals surface area contributed by atoms with Crippen molar-refractivity contribution in [3.8, 4) is 0 Å². The predicted octanol–water partition coefficient (Wildman–Crippen LogP) is 3.59. The molecule has 1 aliphatic heterocycles. The monoisotopic (exact) mass is 523 g/mol. The van der Waals surface area contributed by atoms with Gasteiger partial charge in [0.15, 0.2) is 0 Å². The Hall–Kier alpha value is -3.74. The van der Waals surface area contributed by atoms with Crippen LogP contribution in [0.3, 0.4) is 0 Å². The van der Waals surface area contributed by atoms with Crippen molar-refractivity contribution >= 4 is 39.2 Å². The number of morpholine rings is 1. The van der Waals surface area contributed by atoms with Gasteiger partial charge in [0.05, 0.1) is 35.1 Å². The first-order valence-corrected chi connectivity index (χ1v) is 12.6. The van der Waals surface area contributed by atoms with E-state index in [1.54, 1.807) is 36.6 Å². The Balaban J connectivity index is 1.49. The van der Waals surface area contributed by atoms with Gasteiger partial charge in [-0.05, 0) is 25.1 Å². The van der Waals surface area contributed by atoms with E-state index in [4.69, 9.17) is 15.2 Å². The normalized spacial score (nSPS) is 17.0. The van der Waals surface area contributed by atoms with Crippen molar-refractivity contribution in [3.05, 3.63) is 71.0 Å². The summed E-state index contributed by atoms with van der Waals surface area (Å²) < 4.78 is 26.7. The van der Waals surface area contributed by atoms with Crippen LogP contribution in [0.25, 0.3) is 10.2 Å². The second-order valence-electron chi connectivity index (χ2n) is 8.53. The van der Waals surface area contributed by atoms with Crippen LogP contribution in [0.4, 0.5) is 16.0 Å². The number of nitrogen functional groups attached to an aromatic ring is 1. The molecule has 1 aromatic carbocycles. The fraction of sp³-hybridized carbons (Fsp3) is 0.320. The van der Waals surface area contributed by atoms with E-state index >= 15 is 0 Å². The maximum Gasteiger partial charge on any atom is 0.341 e. The van der Waals surface area contributed by atoms with Gasteiger partial charge in [0, 0.05) is 54.9 Å². The van der Waals surface area contributed by atoms with E-state index in [0.29, 0.717) is 36.9 Å². The van der Waals surface area contributed by atoms with Crippen LogP contribution < -0.4 is 10.6 Å². The summed E-state index contributed by atoms with van der Waals surface area (Å²) >= 11 is 1.57. The Morgan fingerprint density at radius 2 is 2.11 bits per heavy atom. The zero-order valence-corrected chi connectivity index (χ0v) is 21.2. The van der Waals surface area contributed by atoms with Crippen LogP contribution in [0.5, 0.6) is 0 Å². The summed E-state index contributed by atoms with van der Waals surface area (Å²) in [7, 11) is 1.88. The number of thiophene rings is 1. The molecule has 0 saturated carbocycles. The van der Waals surface area contributed by atoms with E-state index in [0.717, 1.165) is 15.1 Å². The molecule has 0 spiro atoms. The fourth-order valence-corrected chi connectivity index (χ4v) is 5.53. The number of rotatable bonds is 7. The molecular formula is C25H26FN7O3S. The second-order valence-corrected chi connectivity index (χ2v) is 9.65. The molecule has 2 N–H and O–H groups in total. The number of carbonyl (C=O) groups is 1. The minimum Gasteiger partial charge on any atom is -0.462 e. The number of fused-ring (bicyclic) bond motifs is 1. The summed E-state index contributed by atoms with van der Waals surface area (Å²) in [6, 6.07) is 6.67. The van der Waals surface area contributed by atoms with E-state index in [2.05, 4.69) is 24.8 Å².